The molecule has 0 amide bonds. The van der Waals surface area contributed by atoms with E-state index >= 15 is 0 Å². The van der Waals surface area contributed by atoms with Gasteiger partial charge < -0.3 is 28.4 Å². The van der Waals surface area contributed by atoms with Crippen LogP contribution < -0.4 is 28.4 Å². The molecule has 0 aliphatic carbocycles. The van der Waals surface area contributed by atoms with Gasteiger partial charge in [-0.1, -0.05) is 41.5 Å². The second kappa shape index (κ2) is 10.7. The third-order valence-corrected chi connectivity index (χ3v) is 5.54. The van der Waals surface area contributed by atoms with E-state index in [2.05, 4.69) is 41.5 Å². The monoisotopic (exact) mass is 474 g/mol. The van der Waals surface area contributed by atoms with Gasteiger partial charge in [0.2, 0.25) is 0 Å². The first kappa shape index (κ1) is 27.5. The van der Waals surface area contributed by atoms with Gasteiger partial charge >= 0.3 is 0 Å². The van der Waals surface area contributed by atoms with E-state index < -0.39 is 0 Å². The lowest BCUT2D eigenvalue weighted by molar-refractivity contribution is 0.328. The van der Waals surface area contributed by atoms with Crippen molar-refractivity contribution in [2.75, 3.05) is 42.7 Å². The summed E-state index contributed by atoms with van der Waals surface area (Å²) in [5, 5.41) is 0. The highest BCUT2D eigenvalue weighted by atomic mass is 16.5. The van der Waals surface area contributed by atoms with Crippen molar-refractivity contribution in [3.8, 4) is 45.6 Å². The smallest absolute Gasteiger partial charge is 0.167 e. The van der Waals surface area contributed by atoms with Crippen LogP contribution in [-0.4, -0.2) is 42.7 Å². The lowest BCUT2D eigenvalue weighted by atomic mass is 9.83. The van der Waals surface area contributed by atoms with E-state index in [-0.39, 0.29) is 10.8 Å². The summed E-state index contributed by atoms with van der Waals surface area (Å²) in [7, 11) is 9.96. The topological polar surface area (TPSA) is 55.4 Å². The van der Waals surface area contributed by atoms with E-state index in [1.54, 1.807) is 42.7 Å². The number of methoxy groups -OCH3 is 6. The minimum Gasteiger partial charge on any atom is -0.496 e. The fourth-order valence-corrected chi connectivity index (χ4v) is 4.35. The highest BCUT2D eigenvalue weighted by Crippen LogP contribution is 2.53. The van der Waals surface area contributed by atoms with Crippen LogP contribution in [0.15, 0.2) is 12.1 Å². The van der Waals surface area contributed by atoms with Crippen LogP contribution >= 0.6 is 0 Å². The van der Waals surface area contributed by atoms with Crippen molar-refractivity contribution in [2.45, 2.75) is 54.4 Å². The van der Waals surface area contributed by atoms with Gasteiger partial charge in [-0.2, -0.15) is 0 Å². The van der Waals surface area contributed by atoms with Gasteiger partial charge in [0.1, 0.15) is 11.5 Å². The summed E-state index contributed by atoms with van der Waals surface area (Å²) >= 11 is 0. The largest absolute Gasteiger partial charge is 0.496 e. The molecule has 0 atom stereocenters. The molecule has 0 aromatic heterocycles. The first-order valence-electron chi connectivity index (χ1n) is 11.5. The number of ether oxygens (including phenoxy) is 6. The molecule has 2 aromatic rings. The zero-order valence-corrected chi connectivity index (χ0v) is 23.0. The summed E-state index contributed by atoms with van der Waals surface area (Å²) in [6.07, 6.45) is 1.46. The Morgan fingerprint density at radius 2 is 0.765 bits per heavy atom. The molecule has 0 saturated carbocycles. The summed E-state index contributed by atoms with van der Waals surface area (Å²) in [4.78, 5) is 0. The number of hydrogen-bond donors (Lipinski definition) is 0. The van der Waals surface area contributed by atoms with Crippen molar-refractivity contribution in [1.29, 1.82) is 0 Å². The molecule has 0 fully saturated rings. The minimum atomic E-state index is -0.0106. The Morgan fingerprint density at radius 3 is 0.971 bits per heavy atom. The van der Waals surface area contributed by atoms with Crippen LogP contribution in [0, 0.1) is 10.8 Å². The molecule has 2 rings (SSSR count). The lowest BCUT2D eigenvalue weighted by Gasteiger charge is -2.27. The Hall–Kier alpha value is -2.76. The van der Waals surface area contributed by atoms with Gasteiger partial charge in [-0.05, 0) is 35.8 Å². The van der Waals surface area contributed by atoms with Crippen molar-refractivity contribution in [3.05, 3.63) is 23.3 Å². The predicted octanol–water partition coefficient (Wildman–Crippen LogP) is 6.58. The molecule has 0 aliphatic rings. The van der Waals surface area contributed by atoms with E-state index in [4.69, 9.17) is 28.4 Å². The van der Waals surface area contributed by atoms with Gasteiger partial charge in [0.25, 0.3) is 0 Å². The second-order valence-electron chi connectivity index (χ2n) is 10.8. The van der Waals surface area contributed by atoms with Gasteiger partial charge in [-0.3, -0.25) is 0 Å². The molecule has 0 heterocycles. The number of rotatable bonds is 9. The van der Waals surface area contributed by atoms with Gasteiger partial charge in [-0.25, -0.2) is 0 Å². The van der Waals surface area contributed by atoms with Crippen LogP contribution in [0.5, 0.6) is 34.5 Å². The zero-order valence-electron chi connectivity index (χ0n) is 23.0. The molecule has 0 N–H and O–H groups in total. The Kier molecular flexibility index (Phi) is 8.62. The molecule has 0 bridgehead atoms. The van der Waals surface area contributed by atoms with Crippen molar-refractivity contribution < 1.29 is 28.4 Å². The first-order valence-corrected chi connectivity index (χ1v) is 11.5. The average Bonchev–Trinajstić information content (AvgIpc) is 2.75. The van der Waals surface area contributed by atoms with Crippen LogP contribution in [0.3, 0.4) is 0 Å². The third kappa shape index (κ3) is 5.83. The van der Waals surface area contributed by atoms with Gasteiger partial charge in [0.05, 0.1) is 42.7 Å². The maximum absolute atomic E-state index is 6.03. The average molecular weight is 475 g/mol. The highest BCUT2D eigenvalue weighted by Gasteiger charge is 2.30. The summed E-state index contributed by atoms with van der Waals surface area (Å²) in [5.74, 6) is 4.05. The summed E-state index contributed by atoms with van der Waals surface area (Å²) in [6.45, 7) is 13.1. The van der Waals surface area contributed by atoms with Crippen molar-refractivity contribution in [3.63, 3.8) is 0 Å². The summed E-state index contributed by atoms with van der Waals surface area (Å²) in [5.41, 5.74) is 3.55. The maximum Gasteiger partial charge on any atom is 0.167 e. The third-order valence-electron chi connectivity index (χ3n) is 5.54. The van der Waals surface area contributed by atoms with Crippen LogP contribution in [0.4, 0.5) is 0 Å². The summed E-state index contributed by atoms with van der Waals surface area (Å²) < 4.78 is 35.2. The molecule has 0 radical (unpaired) electrons. The molecule has 0 unspecified atom stereocenters. The fourth-order valence-electron chi connectivity index (χ4n) is 4.35. The Bertz CT molecular complexity index is 914. The van der Waals surface area contributed by atoms with Crippen LogP contribution in [-0.2, 0) is 12.8 Å². The molecule has 34 heavy (non-hydrogen) atoms. The van der Waals surface area contributed by atoms with E-state index in [0.29, 0.717) is 23.0 Å². The molecule has 6 nitrogen and oxygen atoms in total. The second-order valence-corrected chi connectivity index (χ2v) is 10.8. The molecule has 0 saturated heterocycles. The van der Waals surface area contributed by atoms with E-state index in [1.807, 2.05) is 12.1 Å². The lowest BCUT2D eigenvalue weighted by Crippen LogP contribution is -2.14. The van der Waals surface area contributed by atoms with Crippen molar-refractivity contribution >= 4 is 0 Å². The maximum atomic E-state index is 6.03. The standard InChI is InChI=1S/C28H42O6/c1-27(2,3)15-19-23(31-9)17(13-21(29-7)25(19)33-11)18-14-22(30-8)26(34-12)20(24(18)32-10)16-28(4,5)6/h13-14H,15-16H2,1-12H3. The molecular formula is C28H42O6. The van der Waals surface area contributed by atoms with E-state index in [0.717, 1.165) is 46.6 Å². The SMILES string of the molecule is COc1cc(-c2cc(OC)c(OC)c(CC(C)(C)C)c2OC)c(OC)c(CC(C)(C)C)c1OC. The Balaban J connectivity index is 3.05. The van der Waals surface area contributed by atoms with E-state index in [9.17, 15) is 0 Å². The van der Waals surface area contributed by atoms with Gasteiger partial charge in [0.15, 0.2) is 23.0 Å². The highest BCUT2D eigenvalue weighted by molar-refractivity contribution is 5.84. The Morgan fingerprint density at radius 1 is 0.471 bits per heavy atom. The van der Waals surface area contributed by atoms with Gasteiger partial charge in [0, 0.05) is 22.3 Å². The van der Waals surface area contributed by atoms with Crippen LogP contribution in [0.1, 0.15) is 52.7 Å². The zero-order chi connectivity index (χ0) is 25.8. The van der Waals surface area contributed by atoms with E-state index in [1.165, 1.54) is 0 Å². The number of benzene rings is 2. The molecule has 2 aromatic carbocycles. The minimum absolute atomic E-state index is 0.0106. The van der Waals surface area contributed by atoms with Crippen molar-refractivity contribution in [2.24, 2.45) is 10.8 Å². The molecule has 6 heteroatoms. The quantitative estimate of drug-likeness (QED) is 0.409. The predicted molar refractivity (Wildman–Crippen MR) is 138 cm³/mol. The first-order chi connectivity index (χ1) is 15.8. The normalized spacial score (nSPS) is 11.8. The van der Waals surface area contributed by atoms with Crippen LogP contribution in [0.2, 0.25) is 0 Å². The number of hydrogen-bond acceptors (Lipinski definition) is 6. The fraction of sp³-hybridized carbons (Fsp3) is 0.571. The van der Waals surface area contributed by atoms with Gasteiger partial charge in [-0.15, -0.1) is 0 Å². The molecule has 0 spiro atoms. The summed E-state index contributed by atoms with van der Waals surface area (Å²) in [6, 6.07) is 3.88. The molecule has 0 aliphatic heterocycles. The molecular weight excluding hydrogens is 432 g/mol. The Labute approximate surface area is 205 Å². The molecule has 190 valence electrons. The van der Waals surface area contributed by atoms with Crippen LogP contribution in [0.25, 0.3) is 11.1 Å². The van der Waals surface area contributed by atoms with Crippen molar-refractivity contribution in [1.82, 2.24) is 0 Å².